The number of ether oxygens (including phenoxy) is 2. The number of carbonyl (C=O) groups excluding carboxylic acids is 1. The lowest BCUT2D eigenvalue weighted by molar-refractivity contribution is -0.153. The first-order valence-electron chi connectivity index (χ1n) is 10.3. The van der Waals surface area contributed by atoms with Crippen LogP contribution in [-0.4, -0.2) is 18.8 Å². The fourth-order valence-corrected chi connectivity index (χ4v) is 4.21. The highest BCUT2D eigenvalue weighted by Gasteiger charge is 2.41. The molecular formula is C23H21ClF6O3. The Labute approximate surface area is 191 Å². The van der Waals surface area contributed by atoms with E-state index in [1.807, 2.05) is 6.92 Å². The van der Waals surface area contributed by atoms with Crippen molar-refractivity contribution in [3.63, 3.8) is 0 Å². The molecule has 1 aliphatic carbocycles. The first-order valence-corrected chi connectivity index (χ1v) is 10.7. The summed E-state index contributed by atoms with van der Waals surface area (Å²) in [5.74, 6) is -0.875. The molecule has 1 fully saturated rings. The topological polar surface area (TPSA) is 35.5 Å². The summed E-state index contributed by atoms with van der Waals surface area (Å²) < 4.78 is 87.3. The molecule has 0 radical (unpaired) electrons. The SMILES string of the molecule is CCC1(C(=O)Oc2cc(Cl)c(OCC(F)(F)F)c(-c3ccc(C(F)(F)F)cc3)c2)CCCC1. The van der Waals surface area contributed by atoms with E-state index in [0.29, 0.717) is 19.3 Å². The zero-order valence-corrected chi connectivity index (χ0v) is 18.3. The first kappa shape index (κ1) is 25.2. The second-order valence-electron chi connectivity index (χ2n) is 7.99. The average Bonchev–Trinajstić information content (AvgIpc) is 3.22. The van der Waals surface area contributed by atoms with Gasteiger partial charge in [-0.15, -0.1) is 0 Å². The number of alkyl halides is 6. The standard InChI is InChI=1S/C23H21ClF6O3/c1-2-21(9-3-4-10-21)20(31)33-16-11-17(14-5-7-15(8-6-14)23(28,29)30)19(18(24)12-16)32-13-22(25,26)27/h5-8,11-12H,2-4,9-10,13H2,1H3. The van der Waals surface area contributed by atoms with Gasteiger partial charge in [0.1, 0.15) is 11.5 Å². The van der Waals surface area contributed by atoms with Gasteiger partial charge in [-0.05, 0) is 43.0 Å². The van der Waals surface area contributed by atoms with Crippen LogP contribution in [0.15, 0.2) is 36.4 Å². The maximum atomic E-state index is 12.9. The van der Waals surface area contributed by atoms with Crippen molar-refractivity contribution in [3.05, 3.63) is 47.0 Å². The van der Waals surface area contributed by atoms with Crippen molar-refractivity contribution >= 4 is 17.6 Å². The van der Waals surface area contributed by atoms with Crippen molar-refractivity contribution < 1.29 is 40.6 Å². The van der Waals surface area contributed by atoms with Gasteiger partial charge in [0.2, 0.25) is 0 Å². The van der Waals surface area contributed by atoms with Crippen molar-refractivity contribution in [1.82, 2.24) is 0 Å². The first-order chi connectivity index (χ1) is 15.3. The lowest BCUT2D eigenvalue weighted by Crippen LogP contribution is -2.31. The van der Waals surface area contributed by atoms with E-state index >= 15 is 0 Å². The van der Waals surface area contributed by atoms with Crippen molar-refractivity contribution in [1.29, 1.82) is 0 Å². The summed E-state index contributed by atoms with van der Waals surface area (Å²) in [7, 11) is 0. The molecule has 0 bridgehead atoms. The van der Waals surface area contributed by atoms with Gasteiger partial charge >= 0.3 is 18.3 Å². The van der Waals surface area contributed by atoms with Crippen LogP contribution in [0.1, 0.15) is 44.6 Å². The monoisotopic (exact) mass is 494 g/mol. The number of halogens is 7. The van der Waals surface area contributed by atoms with E-state index in [4.69, 9.17) is 21.1 Å². The molecule has 180 valence electrons. The molecule has 0 atom stereocenters. The Kier molecular flexibility index (Phi) is 7.21. The summed E-state index contributed by atoms with van der Waals surface area (Å²) in [5.41, 5.74) is -1.48. The molecule has 0 N–H and O–H groups in total. The molecule has 0 amide bonds. The molecule has 1 saturated carbocycles. The quantitative estimate of drug-likeness (QED) is 0.233. The van der Waals surface area contributed by atoms with Crippen LogP contribution >= 0.6 is 11.6 Å². The molecule has 3 nitrogen and oxygen atoms in total. The molecule has 0 aliphatic heterocycles. The fraction of sp³-hybridized carbons (Fsp3) is 0.435. The van der Waals surface area contributed by atoms with Gasteiger partial charge < -0.3 is 9.47 Å². The molecule has 10 heteroatoms. The molecule has 1 aliphatic rings. The Bertz CT molecular complexity index is 993. The van der Waals surface area contributed by atoms with Crippen LogP contribution in [-0.2, 0) is 11.0 Å². The number of hydrogen-bond donors (Lipinski definition) is 0. The van der Waals surface area contributed by atoms with Crippen LogP contribution in [0.25, 0.3) is 11.1 Å². The number of rotatable bonds is 6. The molecule has 0 aromatic heterocycles. The van der Waals surface area contributed by atoms with Crippen LogP contribution < -0.4 is 9.47 Å². The van der Waals surface area contributed by atoms with E-state index in [9.17, 15) is 31.1 Å². The van der Waals surface area contributed by atoms with Crippen LogP contribution in [0.2, 0.25) is 5.02 Å². The molecule has 3 rings (SSSR count). The third-order valence-electron chi connectivity index (χ3n) is 5.80. The molecular weight excluding hydrogens is 474 g/mol. The number of esters is 1. The lowest BCUT2D eigenvalue weighted by atomic mass is 9.83. The lowest BCUT2D eigenvalue weighted by Gasteiger charge is -2.25. The summed E-state index contributed by atoms with van der Waals surface area (Å²) >= 11 is 6.17. The minimum absolute atomic E-state index is 0.0276. The molecule has 0 saturated heterocycles. The van der Waals surface area contributed by atoms with Crippen LogP contribution in [0, 0.1) is 5.41 Å². The minimum atomic E-state index is -4.66. The third kappa shape index (κ3) is 5.93. The van der Waals surface area contributed by atoms with Crippen molar-refractivity contribution in [2.24, 2.45) is 5.41 Å². The average molecular weight is 495 g/mol. The van der Waals surface area contributed by atoms with E-state index in [1.165, 1.54) is 6.07 Å². The highest BCUT2D eigenvalue weighted by molar-refractivity contribution is 6.32. The highest BCUT2D eigenvalue weighted by atomic mass is 35.5. The molecule has 0 unspecified atom stereocenters. The van der Waals surface area contributed by atoms with E-state index in [-0.39, 0.29) is 27.6 Å². The second-order valence-corrected chi connectivity index (χ2v) is 8.40. The Morgan fingerprint density at radius 1 is 1.03 bits per heavy atom. The zero-order chi connectivity index (χ0) is 24.4. The molecule has 2 aromatic carbocycles. The Morgan fingerprint density at radius 3 is 2.15 bits per heavy atom. The number of hydrogen-bond acceptors (Lipinski definition) is 3. The van der Waals surface area contributed by atoms with Crippen LogP contribution in [0.5, 0.6) is 11.5 Å². The second kappa shape index (κ2) is 9.44. The van der Waals surface area contributed by atoms with E-state index in [2.05, 4.69) is 0 Å². The summed E-state index contributed by atoms with van der Waals surface area (Å²) in [6.45, 7) is 0.222. The van der Waals surface area contributed by atoms with Gasteiger partial charge in [0, 0.05) is 11.6 Å². The van der Waals surface area contributed by atoms with E-state index in [1.54, 1.807) is 0 Å². The predicted molar refractivity (Wildman–Crippen MR) is 110 cm³/mol. The van der Waals surface area contributed by atoms with E-state index in [0.717, 1.165) is 43.2 Å². The molecule has 2 aromatic rings. The van der Waals surface area contributed by atoms with Gasteiger partial charge in [-0.2, -0.15) is 26.3 Å². The number of benzene rings is 2. The Morgan fingerprint density at radius 2 is 1.64 bits per heavy atom. The van der Waals surface area contributed by atoms with Gasteiger partial charge in [-0.3, -0.25) is 4.79 Å². The third-order valence-corrected chi connectivity index (χ3v) is 6.08. The summed E-state index contributed by atoms with van der Waals surface area (Å²) in [6, 6.07) is 6.17. The number of carbonyl (C=O) groups is 1. The maximum absolute atomic E-state index is 12.9. The van der Waals surface area contributed by atoms with Crippen molar-refractivity contribution in [3.8, 4) is 22.6 Å². The molecule has 0 spiro atoms. The summed E-state index contributed by atoms with van der Waals surface area (Å²) in [5, 5.41) is -0.267. The largest absolute Gasteiger partial charge is 0.482 e. The maximum Gasteiger partial charge on any atom is 0.422 e. The Balaban J connectivity index is 2.00. The smallest absolute Gasteiger partial charge is 0.422 e. The zero-order valence-electron chi connectivity index (χ0n) is 17.6. The molecule has 0 heterocycles. The summed E-state index contributed by atoms with van der Waals surface area (Å²) in [4.78, 5) is 12.9. The van der Waals surface area contributed by atoms with Gasteiger partial charge in [-0.25, -0.2) is 0 Å². The van der Waals surface area contributed by atoms with Crippen LogP contribution in [0.4, 0.5) is 26.3 Å². The van der Waals surface area contributed by atoms with Gasteiger partial charge in [-0.1, -0.05) is 43.5 Å². The minimum Gasteiger partial charge on any atom is -0.482 e. The van der Waals surface area contributed by atoms with Crippen molar-refractivity contribution in [2.75, 3.05) is 6.61 Å². The Hall–Kier alpha value is -2.42. The van der Waals surface area contributed by atoms with Crippen molar-refractivity contribution in [2.45, 2.75) is 51.4 Å². The van der Waals surface area contributed by atoms with E-state index < -0.39 is 35.9 Å². The summed E-state index contributed by atoms with van der Waals surface area (Å²) in [6.07, 6.45) is -5.60. The predicted octanol–water partition coefficient (Wildman–Crippen LogP) is 7.84. The normalized spacial score (nSPS) is 16.0. The van der Waals surface area contributed by atoms with Gasteiger partial charge in [0.15, 0.2) is 6.61 Å². The molecule has 33 heavy (non-hydrogen) atoms. The fourth-order valence-electron chi connectivity index (χ4n) is 3.95. The highest BCUT2D eigenvalue weighted by Crippen LogP contribution is 2.45. The van der Waals surface area contributed by atoms with Crippen LogP contribution in [0.3, 0.4) is 0 Å². The van der Waals surface area contributed by atoms with Gasteiger partial charge in [0.25, 0.3) is 0 Å². The van der Waals surface area contributed by atoms with Gasteiger partial charge in [0.05, 0.1) is 16.0 Å².